The summed E-state index contributed by atoms with van der Waals surface area (Å²) in [7, 11) is 0. The molecule has 0 spiro atoms. The lowest BCUT2D eigenvalue weighted by molar-refractivity contribution is 0.0941. The predicted octanol–water partition coefficient (Wildman–Crippen LogP) is 6.89. The molecule has 0 fully saturated rings. The highest BCUT2D eigenvalue weighted by Gasteiger charge is 2.31. The van der Waals surface area contributed by atoms with E-state index in [0.29, 0.717) is 6.54 Å². The van der Waals surface area contributed by atoms with Crippen LogP contribution in [0.4, 0.5) is 0 Å². The molecule has 5 rings (SSSR count). The van der Waals surface area contributed by atoms with Gasteiger partial charge in [0.25, 0.3) is 5.91 Å². The first kappa shape index (κ1) is 21.9. The summed E-state index contributed by atoms with van der Waals surface area (Å²) in [6.45, 7) is 2.75. The van der Waals surface area contributed by atoms with Crippen molar-refractivity contribution in [2.75, 3.05) is 0 Å². The Kier molecular flexibility index (Phi) is 6.36. The summed E-state index contributed by atoms with van der Waals surface area (Å²) in [4.78, 5) is 15.2. The fraction of sp³-hybridized carbons (Fsp3) is 0.0690. The van der Waals surface area contributed by atoms with Gasteiger partial charge in [-0.2, -0.15) is 0 Å². The van der Waals surface area contributed by atoms with Crippen molar-refractivity contribution in [2.24, 2.45) is 0 Å². The summed E-state index contributed by atoms with van der Waals surface area (Å²) in [5.41, 5.74) is 5.48. The van der Waals surface area contributed by atoms with E-state index in [9.17, 15) is 4.79 Å². The number of nitrogens with zero attached hydrogens (tertiary/aromatic N) is 1. The van der Waals surface area contributed by atoms with Gasteiger partial charge in [0.15, 0.2) is 5.76 Å². The van der Waals surface area contributed by atoms with E-state index < -0.39 is 0 Å². The number of thioether (sulfide) groups is 1. The molecule has 0 unspecified atom stereocenters. The largest absolute Gasteiger partial charge is 0.459 e. The SMILES string of the molecule is Cc1ccc(C2=C(NC(=O)c3ccco3)S/C(=C\c3ccccc3)N2Cc2ccccc2)cc1. The van der Waals surface area contributed by atoms with Crippen LogP contribution in [-0.4, -0.2) is 10.8 Å². The minimum absolute atomic E-state index is 0.266. The summed E-state index contributed by atoms with van der Waals surface area (Å²) < 4.78 is 5.34. The summed E-state index contributed by atoms with van der Waals surface area (Å²) in [5, 5.41) is 4.93. The first-order valence-electron chi connectivity index (χ1n) is 11.1. The third-order valence-corrected chi connectivity index (χ3v) is 6.57. The van der Waals surface area contributed by atoms with Gasteiger partial charge < -0.3 is 14.6 Å². The average Bonchev–Trinajstić information content (AvgIpc) is 3.51. The molecule has 1 aliphatic rings. The van der Waals surface area contributed by atoms with E-state index in [1.807, 2.05) is 36.4 Å². The zero-order chi connectivity index (χ0) is 23.3. The molecule has 2 heterocycles. The normalized spacial score (nSPS) is 14.6. The minimum atomic E-state index is -0.266. The molecule has 34 heavy (non-hydrogen) atoms. The van der Waals surface area contributed by atoms with E-state index in [0.717, 1.165) is 26.9 Å². The molecule has 3 aromatic carbocycles. The molecular weight excluding hydrogens is 440 g/mol. The molecule has 1 amide bonds. The van der Waals surface area contributed by atoms with Gasteiger partial charge in [-0.05, 0) is 36.3 Å². The topological polar surface area (TPSA) is 45.5 Å². The van der Waals surface area contributed by atoms with Crippen LogP contribution in [0.25, 0.3) is 11.8 Å². The first-order valence-corrected chi connectivity index (χ1v) is 11.9. The maximum atomic E-state index is 12.9. The van der Waals surface area contributed by atoms with Crippen molar-refractivity contribution in [1.82, 2.24) is 10.2 Å². The lowest BCUT2D eigenvalue weighted by atomic mass is 10.1. The van der Waals surface area contributed by atoms with Crippen LogP contribution in [0.2, 0.25) is 0 Å². The predicted molar refractivity (Wildman–Crippen MR) is 138 cm³/mol. The highest BCUT2D eigenvalue weighted by atomic mass is 32.2. The Labute approximate surface area is 203 Å². The quantitative estimate of drug-likeness (QED) is 0.337. The van der Waals surface area contributed by atoms with Gasteiger partial charge in [0.05, 0.1) is 17.0 Å². The molecule has 1 aliphatic heterocycles. The average molecular weight is 465 g/mol. The maximum Gasteiger partial charge on any atom is 0.291 e. The molecule has 0 bridgehead atoms. The van der Waals surface area contributed by atoms with E-state index in [1.54, 1.807) is 23.9 Å². The van der Waals surface area contributed by atoms with Crippen molar-refractivity contribution in [3.63, 3.8) is 0 Å². The van der Waals surface area contributed by atoms with Crippen molar-refractivity contribution in [3.05, 3.63) is 141 Å². The standard InChI is InChI=1S/C29H24N2O2S/c1-21-14-16-24(17-15-21)27-29(30-28(32)25-13-8-18-33-25)34-26(19-22-9-4-2-5-10-22)31(27)20-23-11-6-3-7-12-23/h2-19H,20H2,1H3,(H,30,32)/b26-19-. The number of amides is 1. The number of nitrogens with one attached hydrogen (secondary N) is 1. The van der Waals surface area contributed by atoms with Gasteiger partial charge in [-0.25, -0.2) is 0 Å². The second kappa shape index (κ2) is 9.89. The highest BCUT2D eigenvalue weighted by molar-refractivity contribution is 8.07. The second-order valence-corrected chi connectivity index (χ2v) is 9.07. The van der Waals surface area contributed by atoms with Crippen molar-refractivity contribution in [3.8, 4) is 0 Å². The van der Waals surface area contributed by atoms with Gasteiger partial charge in [0, 0.05) is 12.1 Å². The van der Waals surface area contributed by atoms with E-state index in [4.69, 9.17) is 4.42 Å². The third-order valence-electron chi connectivity index (χ3n) is 5.53. The molecule has 168 valence electrons. The molecule has 1 aromatic heterocycles. The molecule has 0 atom stereocenters. The Bertz CT molecular complexity index is 1330. The van der Waals surface area contributed by atoms with E-state index in [-0.39, 0.29) is 11.7 Å². The van der Waals surface area contributed by atoms with E-state index in [1.165, 1.54) is 17.4 Å². The highest BCUT2D eigenvalue weighted by Crippen LogP contribution is 2.46. The van der Waals surface area contributed by atoms with Crippen LogP contribution in [0.1, 0.15) is 32.8 Å². The fourth-order valence-electron chi connectivity index (χ4n) is 3.82. The summed E-state index contributed by atoms with van der Waals surface area (Å²) >= 11 is 1.56. The van der Waals surface area contributed by atoms with Gasteiger partial charge in [0.1, 0.15) is 5.03 Å². The fourth-order valence-corrected chi connectivity index (χ4v) is 4.96. The van der Waals surface area contributed by atoms with Gasteiger partial charge in [-0.1, -0.05) is 102 Å². The molecule has 0 saturated heterocycles. The van der Waals surface area contributed by atoms with Crippen molar-refractivity contribution in [1.29, 1.82) is 0 Å². The number of furan rings is 1. The Morgan fingerprint density at radius 2 is 1.62 bits per heavy atom. The Balaban J connectivity index is 1.60. The smallest absolute Gasteiger partial charge is 0.291 e. The molecule has 5 heteroatoms. The number of benzene rings is 3. The number of hydrogen-bond donors (Lipinski definition) is 1. The van der Waals surface area contributed by atoms with Crippen molar-refractivity contribution < 1.29 is 9.21 Å². The molecule has 0 aliphatic carbocycles. The molecule has 4 nitrogen and oxygen atoms in total. The van der Waals surface area contributed by atoms with Crippen LogP contribution in [-0.2, 0) is 6.54 Å². The van der Waals surface area contributed by atoms with E-state index in [2.05, 4.69) is 71.7 Å². The number of carbonyl (C=O) groups is 1. The lowest BCUT2D eigenvalue weighted by Crippen LogP contribution is -2.22. The number of rotatable bonds is 6. The molecule has 0 saturated carbocycles. The van der Waals surface area contributed by atoms with Crippen LogP contribution in [0.15, 0.2) is 118 Å². The number of aryl methyl sites for hydroxylation is 1. The van der Waals surface area contributed by atoms with Crippen LogP contribution in [0.3, 0.4) is 0 Å². The first-order chi connectivity index (χ1) is 16.7. The van der Waals surface area contributed by atoms with Crippen molar-refractivity contribution >= 4 is 29.4 Å². The van der Waals surface area contributed by atoms with Crippen LogP contribution in [0, 0.1) is 6.92 Å². The lowest BCUT2D eigenvalue weighted by Gasteiger charge is -2.24. The molecule has 1 N–H and O–H groups in total. The number of hydrogen-bond acceptors (Lipinski definition) is 4. The minimum Gasteiger partial charge on any atom is -0.459 e. The molecule has 0 radical (unpaired) electrons. The Morgan fingerprint density at radius 1 is 0.912 bits per heavy atom. The number of carbonyl (C=O) groups excluding carboxylic acids is 1. The zero-order valence-electron chi connectivity index (χ0n) is 18.8. The summed E-state index contributed by atoms with van der Waals surface area (Å²) in [6, 6.07) is 32.4. The second-order valence-electron chi connectivity index (χ2n) is 8.04. The summed E-state index contributed by atoms with van der Waals surface area (Å²) in [5.74, 6) is 0.0178. The van der Waals surface area contributed by atoms with Crippen molar-refractivity contribution in [2.45, 2.75) is 13.5 Å². The zero-order valence-corrected chi connectivity index (χ0v) is 19.6. The molecule has 4 aromatic rings. The monoisotopic (exact) mass is 464 g/mol. The van der Waals surface area contributed by atoms with Gasteiger partial charge in [-0.3, -0.25) is 4.79 Å². The van der Waals surface area contributed by atoms with Crippen LogP contribution < -0.4 is 5.32 Å². The van der Waals surface area contributed by atoms with Gasteiger partial charge in [-0.15, -0.1) is 0 Å². The third kappa shape index (κ3) is 4.85. The van der Waals surface area contributed by atoms with E-state index >= 15 is 0 Å². The van der Waals surface area contributed by atoms with Crippen LogP contribution >= 0.6 is 11.8 Å². The van der Waals surface area contributed by atoms with Gasteiger partial charge >= 0.3 is 0 Å². The Hall–Kier alpha value is -3.96. The summed E-state index contributed by atoms with van der Waals surface area (Å²) in [6.07, 6.45) is 3.67. The van der Waals surface area contributed by atoms with Gasteiger partial charge in [0.2, 0.25) is 0 Å². The van der Waals surface area contributed by atoms with Crippen LogP contribution in [0.5, 0.6) is 0 Å². The Morgan fingerprint density at radius 3 is 2.29 bits per heavy atom. The maximum absolute atomic E-state index is 12.9. The molecular formula is C29H24N2O2S.